The van der Waals surface area contributed by atoms with Gasteiger partial charge in [0.1, 0.15) is 23.7 Å². The Hall–Kier alpha value is -4.93. The summed E-state index contributed by atoms with van der Waals surface area (Å²) in [5.74, 6) is -1.65. The van der Waals surface area contributed by atoms with E-state index in [0.29, 0.717) is 67.9 Å². The van der Waals surface area contributed by atoms with E-state index in [9.17, 15) is 31.9 Å². The van der Waals surface area contributed by atoms with Gasteiger partial charge in [0.05, 0.1) is 23.4 Å². The van der Waals surface area contributed by atoms with Crippen molar-refractivity contribution < 1.29 is 27.1 Å². The maximum atomic E-state index is 14.8. The number of anilines is 3. The molecule has 13 nitrogen and oxygen atoms in total. The molecular weight excluding hydrogens is 698 g/mol. The maximum Gasteiger partial charge on any atom is 0.419 e. The van der Waals surface area contributed by atoms with E-state index in [1.54, 1.807) is 22.6 Å². The lowest BCUT2D eigenvalue weighted by Crippen LogP contribution is -2.55. The highest BCUT2D eigenvalue weighted by molar-refractivity contribution is 5.92. The zero-order valence-electron chi connectivity index (χ0n) is 30.1. The highest BCUT2D eigenvalue weighted by Gasteiger charge is 2.36. The van der Waals surface area contributed by atoms with Gasteiger partial charge in [-0.25, -0.2) is 9.07 Å². The predicted octanol–water partition coefficient (Wildman–Crippen LogP) is 5.07. The normalized spacial score (nSPS) is 19.8. The minimum atomic E-state index is -4.89. The number of carbonyl (C=O) groups is 1. The third-order valence-electron chi connectivity index (χ3n) is 10.9. The fraction of sp³-hybridized carbons (Fsp3) is 0.528. The average molecular weight is 742 g/mol. The number of hydrogen-bond acceptors (Lipinski definition) is 8. The van der Waals surface area contributed by atoms with Gasteiger partial charge in [0.15, 0.2) is 5.82 Å². The van der Waals surface area contributed by atoms with Crippen LogP contribution in [-0.4, -0.2) is 73.7 Å². The van der Waals surface area contributed by atoms with Gasteiger partial charge in [-0.15, -0.1) is 5.10 Å². The van der Waals surface area contributed by atoms with Crippen LogP contribution in [0.1, 0.15) is 81.1 Å². The summed E-state index contributed by atoms with van der Waals surface area (Å²) in [6, 6.07) is 1.64. The van der Waals surface area contributed by atoms with Gasteiger partial charge in [0.2, 0.25) is 11.7 Å². The number of alkyl halides is 3. The van der Waals surface area contributed by atoms with Crippen molar-refractivity contribution in [3.8, 4) is 0 Å². The van der Waals surface area contributed by atoms with E-state index in [4.69, 9.17) is 9.72 Å². The van der Waals surface area contributed by atoms with Gasteiger partial charge in [0, 0.05) is 50.2 Å². The molecule has 2 aliphatic carbocycles. The van der Waals surface area contributed by atoms with E-state index in [-0.39, 0.29) is 47.3 Å². The fourth-order valence-corrected chi connectivity index (χ4v) is 7.68. The molecule has 3 aliphatic rings. The number of aromatic nitrogens is 6. The Balaban J connectivity index is 1.25. The topological polar surface area (TPSA) is 135 Å². The molecule has 1 saturated carbocycles. The number of hydrogen-bond donors (Lipinski definition) is 2. The molecule has 7 rings (SSSR count). The lowest BCUT2D eigenvalue weighted by molar-refractivity contribution is -0.140. The Morgan fingerprint density at radius 3 is 2.53 bits per heavy atom. The Bertz CT molecular complexity index is 2200. The van der Waals surface area contributed by atoms with Crippen molar-refractivity contribution in [3.63, 3.8) is 0 Å². The second-order valence-electron chi connectivity index (χ2n) is 14.1. The van der Waals surface area contributed by atoms with Gasteiger partial charge in [-0.2, -0.15) is 22.7 Å². The van der Waals surface area contributed by atoms with E-state index in [0.717, 1.165) is 37.3 Å². The van der Waals surface area contributed by atoms with Crippen LogP contribution in [0, 0.1) is 12.7 Å². The monoisotopic (exact) mass is 741 g/mol. The van der Waals surface area contributed by atoms with Gasteiger partial charge in [-0.3, -0.25) is 14.4 Å². The fourth-order valence-electron chi connectivity index (χ4n) is 7.68. The Labute approximate surface area is 302 Å². The van der Waals surface area contributed by atoms with Gasteiger partial charge >= 0.3 is 6.18 Å². The first-order valence-electron chi connectivity index (χ1n) is 18.0. The first-order chi connectivity index (χ1) is 25.3. The molecule has 4 aromatic rings. The molecule has 1 aromatic carbocycles. The van der Waals surface area contributed by atoms with Gasteiger partial charge < -0.3 is 29.5 Å². The Kier molecular flexibility index (Phi) is 9.72. The van der Waals surface area contributed by atoms with Crippen molar-refractivity contribution in [2.45, 2.75) is 96.6 Å². The summed E-state index contributed by atoms with van der Waals surface area (Å²) in [5.41, 5.74) is -0.0848. The van der Waals surface area contributed by atoms with Gasteiger partial charge in [0.25, 0.3) is 11.1 Å². The molecule has 0 spiro atoms. The van der Waals surface area contributed by atoms with E-state index >= 15 is 0 Å². The molecule has 0 bridgehead atoms. The lowest BCUT2D eigenvalue weighted by Gasteiger charge is -2.41. The highest BCUT2D eigenvalue weighted by atomic mass is 19.4. The number of carbonyl (C=O) groups excluding carboxylic acids is 1. The summed E-state index contributed by atoms with van der Waals surface area (Å²) in [6.07, 6.45) is 4.26. The van der Waals surface area contributed by atoms with E-state index < -0.39 is 29.0 Å². The number of ether oxygens (including phenoxy) is 1. The van der Waals surface area contributed by atoms with Crippen molar-refractivity contribution in [2.24, 2.45) is 0 Å². The summed E-state index contributed by atoms with van der Waals surface area (Å²) in [7, 11) is 1.66. The molecule has 2 N–H and O–H groups in total. The largest absolute Gasteiger partial charge is 0.419 e. The molecule has 17 heteroatoms. The first-order valence-corrected chi connectivity index (χ1v) is 18.0. The third kappa shape index (κ3) is 6.63. The molecule has 1 unspecified atom stereocenters. The lowest BCUT2D eigenvalue weighted by atomic mass is 9.93. The molecular formula is C36H43F4N9O4. The van der Waals surface area contributed by atoms with E-state index in [1.165, 1.54) is 11.4 Å². The van der Waals surface area contributed by atoms with Crippen molar-refractivity contribution >= 4 is 34.3 Å². The number of H-pyrrole nitrogens is 1. The predicted molar refractivity (Wildman–Crippen MR) is 191 cm³/mol. The molecule has 1 amide bonds. The number of nitrogens with one attached hydrogen (secondary N) is 2. The molecule has 2 atom stereocenters. The van der Waals surface area contributed by atoms with Gasteiger partial charge in [-0.05, 0) is 76.5 Å². The number of allylic oxidation sites excluding steroid dienone is 1. The van der Waals surface area contributed by atoms with Crippen LogP contribution < -0.4 is 26.2 Å². The Morgan fingerprint density at radius 2 is 1.91 bits per heavy atom. The highest BCUT2D eigenvalue weighted by Crippen LogP contribution is 2.35. The number of amides is 1. The number of nitrogens with zero attached hydrogens (tertiary/aromatic N) is 7. The number of halogens is 4. The van der Waals surface area contributed by atoms with Crippen molar-refractivity contribution in [1.29, 1.82) is 0 Å². The first kappa shape index (κ1) is 36.4. The summed E-state index contributed by atoms with van der Waals surface area (Å²) in [6.45, 7) is 5.87. The summed E-state index contributed by atoms with van der Waals surface area (Å²) in [5, 5.41) is 10.3. The molecule has 284 valence electrons. The van der Waals surface area contributed by atoms with Crippen molar-refractivity contribution in [2.75, 3.05) is 41.9 Å². The van der Waals surface area contributed by atoms with Crippen molar-refractivity contribution in [1.82, 2.24) is 28.9 Å². The molecule has 0 radical (unpaired) electrons. The van der Waals surface area contributed by atoms with Crippen LogP contribution in [0.2, 0.25) is 0 Å². The zero-order chi connectivity index (χ0) is 37.8. The number of piperazine rings is 1. The number of methoxy groups -OCH3 is 1. The van der Waals surface area contributed by atoms with Crippen LogP contribution in [0.4, 0.5) is 34.6 Å². The number of benzene rings is 1. The van der Waals surface area contributed by atoms with Crippen LogP contribution >= 0.6 is 0 Å². The maximum absolute atomic E-state index is 14.8. The number of fused-ring (bicyclic) bond motifs is 1. The van der Waals surface area contributed by atoms with E-state index in [1.807, 2.05) is 29.7 Å². The minimum absolute atomic E-state index is 0.0595. The van der Waals surface area contributed by atoms with Crippen LogP contribution in [0.5, 0.6) is 0 Å². The molecule has 1 aliphatic heterocycles. The summed E-state index contributed by atoms with van der Waals surface area (Å²) >= 11 is 0. The summed E-state index contributed by atoms with van der Waals surface area (Å²) in [4.78, 5) is 50.2. The van der Waals surface area contributed by atoms with Gasteiger partial charge in [-0.1, -0.05) is 13.0 Å². The second kappa shape index (κ2) is 14.1. The minimum Gasteiger partial charge on any atom is -0.381 e. The van der Waals surface area contributed by atoms with Crippen LogP contribution in [0.3, 0.4) is 0 Å². The smallest absolute Gasteiger partial charge is 0.381 e. The number of aromatic amines is 1. The van der Waals surface area contributed by atoms with Crippen molar-refractivity contribution in [3.05, 3.63) is 73.6 Å². The SMILES string of the molecule is CCc1c(N2CCN(c3c[nH]n(C4CCC4)c3=O)[C@H](C)C2)c(=O)n2nc(C3=CCC(OC)CC3)nc2n1CC(=O)Nc1ccc(C(F)(F)F)c(F)c1C. The number of rotatable bonds is 9. The Morgan fingerprint density at radius 1 is 1.13 bits per heavy atom. The molecule has 3 aromatic heterocycles. The molecule has 2 fully saturated rings. The third-order valence-corrected chi connectivity index (χ3v) is 10.9. The second-order valence-corrected chi connectivity index (χ2v) is 14.1. The quantitative estimate of drug-likeness (QED) is 0.227. The zero-order valence-corrected chi connectivity index (χ0v) is 30.1. The molecule has 1 saturated heterocycles. The average Bonchev–Trinajstić information content (AvgIpc) is 3.71. The standard InChI is InChI=1S/C36H43F4N9O4/c1-5-27-31(45-15-16-46(20(2)18-45)28-17-41-48(33(28)51)23-7-6-8-23)34(52)49-35(43-32(44-49)22-9-11-24(53-4)12-10-22)47(27)19-29(50)42-26-14-13-25(36(38,39)40)30(37)21(26)3/h9,13-14,17,20,23-24,41H,5-8,10-12,15-16,18-19H2,1-4H3,(H,42,50)/t20-,24?/m1/s1. The van der Waals surface area contributed by atoms with Crippen LogP contribution in [0.25, 0.3) is 11.4 Å². The van der Waals surface area contributed by atoms with E-state index in [2.05, 4.69) is 15.5 Å². The summed E-state index contributed by atoms with van der Waals surface area (Å²) < 4.78 is 64.7. The van der Waals surface area contributed by atoms with Crippen LogP contribution in [0.15, 0.2) is 34.0 Å². The molecule has 4 heterocycles. The molecule has 53 heavy (non-hydrogen) atoms. The van der Waals surface area contributed by atoms with Crippen LogP contribution in [-0.2, 0) is 28.7 Å².